The highest BCUT2D eigenvalue weighted by atomic mass is 15.1. The molecule has 3 rings (SSSR count). The van der Waals surface area contributed by atoms with E-state index >= 15 is 0 Å². The van der Waals surface area contributed by atoms with E-state index in [1.165, 1.54) is 35.8 Å². The molecule has 1 heteroatoms. The zero-order valence-electron chi connectivity index (χ0n) is 10.6. The van der Waals surface area contributed by atoms with Crippen LogP contribution in [0.1, 0.15) is 18.9 Å². The van der Waals surface area contributed by atoms with Gasteiger partial charge in [0.05, 0.1) is 0 Å². The van der Waals surface area contributed by atoms with Gasteiger partial charge in [0.1, 0.15) is 0 Å². The minimum atomic E-state index is 0.332. The van der Waals surface area contributed by atoms with Crippen molar-refractivity contribution in [2.24, 2.45) is 0 Å². The Morgan fingerprint density at radius 3 is 2.53 bits per heavy atom. The molecule has 0 saturated carbocycles. The second kappa shape index (κ2) is 3.85. The largest absolute Gasteiger partial charge is 0.305 e. The zero-order chi connectivity index (χ0) is 11.9. The maximum Gasteiger partial charge on any atom is 0.00734 e. The van der Waals surface area contributed by atoms with E-state index in [1.807, 2.05) is 0 Å². The van der Waals surface area contributed by atoms with Crippen LogP contribution in [0.2, 0.25) is 0 Å². The zero-order valence-corrected chi connectivity index (χ0v) is 10.6. The summed E-state index contributed by atoms with van der Waals surface area (Å²) in [5.41, 5.74) is 1.82. The van der Waals surface area contributed by atoms with Gasteiger partial charge in [-0.1, -0.05) is 49.4 Å². The summed E-state index contributed by atoms with van der Waals surface area (Å²) in [5, 5.41) is 2.70. The van der Waals surface area contributed by atoms with Gasteiger partial charge in [-0.2, -0.15) is 0 Å². The monoisotopic (exact) mass is 225 g/mol. The summed E-state index contributed by atoms with van der Waals surface area (Å²) in [6.45, 7) is 4.77. The molecule has 0 aliphatic carbocycles. The highest BCUT2D eigenvalue weighted by Crippen LogP contribution is 2.34. The summed E-state index contributed by atoms with van der Waals surface area (Å²) in [4.78, 5) is 2.43. The summed E-state index contributed by atoms with van der Waals surface area (Å²) in [6.07, 6.45) is 1.27. The molecule has 0 amide bonds. The van der Waals surface area contributed by atoms with Crippen molar-refractivity contribution in [1.82, 2.24) is 4.90 Å². The van der Waals surface area contributed by atoms with Crippen molar-refractivity contribution in [3.8, 4) is 0 Å². The van der Waals surface area contributed by atoms with Crippen LogP contribution in [0.5, 0.6) is 0 Å². The minimum Gasteiger partial charge on any atom is -0.305 e. The van der Waals surface area contributed by atoms with Crippen LogP contribution in [-0.2, 0) is 5.41 Å². The third-order valence-corrected chi connectivity index (χ3v) is 4.11. The fraction of sp³-hybridized carbons (Fsp3) is 0.375. The molecule has 1 fully saturated rings. The van der Waals surface area contributed by atoms with Gasteiger partial charge in [0.25, 0.3) is 0 Å². The molecular formula is C16H19N. The first kappa shape index (κ1) is 10.8. The third kappa shape index (κ3) is 1.85. The SMILES string of the molecule is CN1CC[C@@](C)(c2ccc3ccccc3c2)C1. The van der Waals surface area contributed by atoms with E-state index in [-0.39, 0.29) is 0 Å². The van der Waals surface area contributed by atoms with Gasteiger partial charge < -0.3 is 4.90 Å². The predicted octanol–water partition coefficient (Wildman–Crippen LogP) is 3.43. The quantitative estimate of drug-likeness (QED) is 0.718. The number of hydrogen-bond donors (Lipinski definition) is 0. The number of benzene rings is 2. The molecule has 0 aromatic heterocycles. The number of rotatable bonds is 1. The van der Waals surface area contributed by atoms with Crippen LogP contribution in [0, 0.1) is 0 Å². The van der Waals surface area contributed by atoms with Crippen molar-refractivity contribution in [2.45, 2.75) is 18.8 Å². The molecule has 1 nitrogen and oxygen atoms in total. The molecule has 2 aromatic carbocycles. The second-order valence-corrected chi connectivity index (χ2v) is 5.61. The Bertz CT molecular complexity index is 546. The highest BCUT2D eigenvalue weighted by molar-refractivity contribution is 5.83. The van der Waals surface area contributed by atoms with Crippen molar-refractivity contribution < 1.29 is 0 Å². The summed E-state index contributed by atoms with van der Waals surface area (Å²) < 4.78 is 0. The van der Waals surface area contributed by atoms with Gasteiger partial charge in [-0.25, -0.2) is 0 Å². The van der Waals surface area contributed by atoms with Gasteiger partial charge in [0, 0.05) is 12.0 Å². The number of likely N-dealkylation sites (N-methyl/N-ethyl adjacent to an activating group) is 1. The smallest absolute Gasteiger partial charge is 0.00734 e. The Labute approximate surface area is 103 Å². The van der Waals surface area contributed by atoms with E-state index in [0.717, 1.165) is 0 Å². The van der Waals surface area contributed by atoms with Crippen molar-refractivity contribution in [3.63, 3.8) is 0 Å². The van der Waals surface area contributed by atoms with Crippen molar-refractivity contribution in [3.05, 3.63) is 48.0 Å². The molecule has 0 N–H and O–H groups in total. The van der Waals surface area contributed by atoms with Crippen LogP contribution in [0.3, 0.4) is 0 Å². The molecule has 0 unspecified atom stereocenters. The molecule has 1 saturated heterocycles. The van der Waals surface area contributed by atoms with E-state index in [4.69, 9.17) is 0 Å². The van der Waals surface area contributed by atoms with E-state index < -0.39 is 0 Å². The lowest BCUT2D eigenvalue weighted by molar-refractivity contribution is 0.381. The maximum atomic E-state index is 2.43. The first-order chi connectivity index (χ1) is 8.17. The highest BCUT2D eigenvalue weighted by Gasteiger charge is 2.33. The van der Waals surface area contributed by atoms with E-state index in [1.54, 1.807) is 0 Å². The average Bonchev–Trinajstić information content (AvgIpc) is 2.70. The van der Waals surface area contributed by atoms with Gasteiger partial charge >= 0.3 is 0 Å². The molecule has 1 aliphatic rings. The molecule has 1 atom stereocenters. The molecule has 0 bridgehead atoms. The fourth-order valence-electron chi connectivity index (χ4n) is 2.99. The molecule has 1 aliphatic heterocycles. The Balaban J connectivity index is 2.06. The Hall–Kier alpha value is -1.34. The predicted molar refractivity (Wildman–Crippen MR) is 73.4 cm³/mol. The second-order valence-electron chi connectivity index (χ2n) is 5.61. The lowest BCUT2D eigenvalue weighted by Gasteiger charge is -2.24. The molecule has 1 heterocycles. The lowest BCUT2D eigenvalue weighted by atomic mass is 9.81. The maximum absolute atomic E-state index is 2.43. The topological polar surface area (TPSA) is 3.24 Å². The van der Waals surface area contributed by atoms with Crippen LogP contribution in [0.4, 0.5) is 0 Å². The molecule has 88 valence electrons. The summed E-state index contributed by atoms with van der Waals surface area (Å²) >= 11 is 0. The number of likely N-dealkylation sites (tertiary alicyclic amines) is 1. The van der Waals surface area contributed by atoms with Gasteiger partial charge in [-0.15, -0.1) is 0 Å². The normalized spacial score (nSPS) is 25.5. The van der Waals surface area contributed by atoms with Gasteiger partial charge in [-0.3, -0.25) is 0 Å². The first-order valence-corrected chi connectivity index (χ1v) is 6.35. The van der Waals surface area contributed by atoms with Crippen LogP contribution < -0.4 is 0 Å². The molecule has 0 spiro atoms. The summed E-state index contributed by atoms with van der Waals surface area (Å²) in [6, 6.07) is 15.6. The Morgan fingerprint density at radius 1 is 1.06 bits per heavy atom. The van der Waals surface area contributed by atoms with Crippen LogP contribution >= 0.6 is 0 Å². The van der Waals surface area contributed by atoms with Crippen LogP contribution in [-0.4, -0.2) is 25.0 Å². The van der Waals surface area contributed by atoms with Gasteiger partial charge in [0.15, 0.2) is 0 Å². The molecular weight excluding hydrogens is 206 g/mol. The van der Waals surface area contributed by atoms with Crippen LogP contribution in [0.15, 0.2) is 42.5 Å². The average molecular weight is 225 g/mol. The van der Waals surface area contributed by atoms with E-state index in [2.05, 4.69) is 61.3 Å². The van der Waals surface area contributed by atoms with Crippen molar-refractivity contribution >= 4 is 10.8 Å². The Kier molecular flexibility index (Phi) is 2.44. The number of nitrogens with zero attached hydrogens (tertiary/aromatic N) is 1. The van der Waals surface area contributed by atoms with E-state index in [9.17, 15) is 0 Å². The lowest BCUT2D eigenvalue weighted by Crippen LogP contribution is -2.25. The fourth-order valence-corrected chi connectivity index (χ4v) is 2.99. The van der Waals surface area contributed by atoms with E-state index in [0.29, 0.717) is 5.41 Å². The van der Waals surface area contributed by atoms with Crippen molar-refractivity contribution in [1.29, 1.82) is 0 Å². The minimum absolute atomic E-state index is 0.332. The number of fused-ring (bicyclic) bond motifs is 1. The molecule has 17 heavy (non-hydrogen) atoms. The standard InChI is InChI=1S/C16H19N/c1-16(9-10-17(2)12-16)15-8-7-13-5-3-4-6-14(13)11-15/h3-8,11H,9-10,12H2,1-2H3/t16-/m1/s1. The Morgan fingerprint density at radius 2 is 1.82 bits per heavy atom. The van der Waals surface area contributed by atoms with Gasteiger partial charge in [-0.05, 0) is 36.3 Å². The first-order valence-electron chi connectivity index (χ1n) is 6.35. The molecule has 2 aromatic rings. The van der Waals surface area contributed by atoms with Crippen LogP contribution in [0.25, 0.3) is 10.8 Å². The third-order valence-electron chi connectivity index (χ3n) is 4.11. The molecule has 0 radical (unpaired) electrons. The van der Waals surface area contributed by atoms with Crippen molar-refractivity contribution in [2.75, 3.05) is 20.1 Å². The summed E-state index contributed by atoms with van der Waals surface area (Å²) in [5.74, 6) is 0. The summed E-state index contributed by atoms with van der Waals surface area (Å²) in [7, 11) is 2.21. The van der Waals surface area contributed by atoms with Gasteiger partial charge in [0.2, 0.25) is 0 Å². The number of hydrogen-bond acceptors (Lipinski definition) is 1.